The summed E-state index contributed by atoms with van der Waals surface area (Å²) in [6.45, 7) is 3.28. The van der Waals surface area contributed by atoms with E-state index in [1.54, 1.807) is 12.3 Å². The molecule has 25 heavy (non-hydrogen) atoms. The molecular weight excluding hydrogens is 343 g/mol. The van der Waals surface area contributed by atoms with Crippen molar-refractivity contribution in [3.05, 3.63) is 48.5 Å². The zero-order chi connectivity index (χ0) is 17.4. The molecular formula is C17H17FN4O2S. The lowest BCUT2D eigenvalue weighted by Crippen LogP contribution is -2.44. The SMILES string of the molecule is O=S(=O)(c1ccccc1F)c1c[nH]c2c(N3CCNCC3)nccc12. The van der Waals surface area contributed by atoms with Crippen molar-refractivity contribution >= 4 is 26.6 Å². The number of sulfone groups is 1. The van der Waals surface area contributed by atoms with E-state index in [1.807, 2.05) is 0 Å². The van der Waals surface area contributed by atoms with E-state index in [1.165, 1.54) is 24.4 Å². The maximum absolute atomic E-state index is 14.0. The number of pyridine rings is 1. The van der Waals surface area contributed by atoms with E-state index in [2.05, 4.69) is 20.2 Å². The average molecular weight is 360 g/mol. The zero-order valence-electron chi connectivity index (χ0n) is 13.4. The van der Waals surface area contributed by atoms with Crippen LogP contribution >= 0.6 is 0 Å². The summed E-state index contributed by atoms with van der Waals surface area (Å²) in [5.41, 5.74) is 0.652. The van der Waals surface area contributed by atoms with Crippen LogP contribution in [0.4, 0.5) is 10.2 Å². The number of aromatic nitrogens is 2. The van der Waals surface area contributed by atoms with Crippen molar-refractivity contribution in [1.82, 2.24) is 15.3 Å². The van der Waals surface area contributed by atoms with Crippen LogP contribution in [0.2, 0.25) is 0 Å². The molecule has 6 nitrogen and oxygen atoms in total. The van der Waals surface area contributed by atoms with Gasteiger partial charge in [0.2, 0.25) is 9.84 Å². The van der Waals surface area contributed by atoms with Gasteiger partial charge in [-0.1, -0.05) is 12.1 Å². The van der Waals surface area contributed by atoms with Gasteiger partial charge in [0.15, 0.2) is 5.82 Å². The van der Waals surface area contributed by atoms with Crippen molar-refractivity contribution in [3.63, 3.8) is 0 Å². The number of hydrogen-bond acceptors (Lipinski definition) is 5. The highest BCUT2D eigenvalue weighted by atomic mass is 32.2. The lowest BCUT2D eigenvalue weighted by Gasteiger charge is -2.28. The first-order valence-electron chi connectivity index (χ1n) is 8.00. The van der Waals surface area contributed by atoms with Crippen LogP contribution in [-0.2, 0) is 9.84 Å². The Balaban J connectivity index is 1.86. The maximum atomic E-state index is 14.0. The summed E-state index contributed by atoms with van der Waals surface area (Å²) in [6, 6.07) is 7.05. The number of piperazine rings is 1. The van der Waals surface area contributed by atoms with Gasteiger partial charge in [-0.05, 0) is 18.2 Å². The van der Waals surface area contributed by atoms with Gasteiger partial charge in [0.05, 0.1) is 10.4 Å². The fourth-order valence-corrected chi connectivity index (χ4v) is 4.63. The number of hydrogen-bond donors (Lipinski definition) is 2. The Morgan fingerprint density at radius 3 is 2.60 bits per heavy atom. The fraction of sp³-hybridized carbons (Fsp3) is 0.235. The van der Waals surface area contributed by atoms with Gasteiger partial charge in [0.1, 0.15) is 10.7 Å². The summed E-state index contributed by atoms with van der Waals surface area (Å²) in [6.07, 6.45) is 3.01. The third-order valence-electron chi connectivity index (χ3n) is 4.38. The molecule has 0 saturated carbocycles. The van der Waals surface area contributed by atoms with Crippen LogP contribution in [0, 0.1) is 5.82 Å². The van der Waals surface area contributed by atoms with Gasteiger partial charge in [-0.2, -0.15) is 0 Å². The molecule has 3 aromatic rings. The highest BCUT2D eigenvalue weighted by Crippen LogP contribution is 2.32. The van der Waals surface area contributed by atoms with Crippen molar-refractivity contribution in [2.24, 2.45) is 0 Å². The van der Waals surface area contributed by atoms with Crippen molar-refractivity contribution in [1.29, 1.82) is 0 Å². The molecule has 1 fully saturated rings. The van der Waals surface area contributed by atoms with Crippen LogP contribution < -0.4 is 10.2 Å². The van der Waals surface area contributed by atoms with Crippen molar-refractivity contribution < 1.29 is 12.8 Å². The zero-order valence-corrected chi connectivity index (χ0v) is 14.2. The number of anilines is 1. The van der Waals surface area contributed by atoms with E-state index >= 15 is 0 Å². The molecule has 2 aromatic heterocycles. The van der Waals surface area contributed by atoms with Crippen LogP contribution in [-0.4, -0.2) is 44.6 Å². The minimum Gasteiger partial charge on any atom is -0.357 e. The third kappa shape index (κ3) is 2.67. The summed E-state index contributed by atoms with van der Waals surface area (Å²) in [7, 11) is -3.97. The monoisotopic (exact) mass is 360 g/mol. The summed E-state index contributed by atoms with van der Waals surface area (Å²) < 4.78 is 39.9. The molecule has 130 valence electrons. The summed E-state index contributed by atoms with van der Waals surface area (Å²) in [5, 5.41) is 3.79. The Hall–Kier alpha value is -2.45. The van der Waals surface area contributed by atoms with E-state index in [0.29, 0.717) is 16.7 Å². The molecule has 0 atom stereocenters. The van der Waals surface area contributed by atoms with Gasteiger partial charge < -0.3 is 15.2 Å². The summed E-state index contributed by atoms with van der Waals surface area (Å²) in [4.78, 5) is 9.28. The predicted molar refractivity (Wildman–Crippen MR) is 93.0 cm³/mol. The van der Waals surface area contributed by atoms with Crippen LogP contribution in [0.1, 0.15) is 0 Å². The molecule has 1 aromatic carbocycles. The second kappa shape index (κ2) is 6.12. The molecule has 0 radical (unpaired) electrons. The van der Waals surface area contributed by atoms with Gasteiger partial charge >= 0.3 is 0 Å². The fourth-order valence-electron chi connectivity index (χ4n) is 3.13. The third-order valence-corrected chi connectivity index (χ3v) is 6.20. The Labute approximate surface area is 144 Å². The van der Waals surface area contributed by atoms with E-state index in [-0.39, 0.29) is 9.79 Å². The number of H-pyrrole nitrogens is 1. The van der Waals surface area contributed by atoms with Crippen LogP contribution in [0.5, 0.6) is 0 Å². The lowest BCUT2D eigenvalue weighted by molar-refractivity contribution is 0.567. The number of rotatable bonds is 3. The molecule has 1 aliphatic rings. The predicted octanol–water partition coefficient (Wildman–Crippen LogP) is 1.94. The van der Waals surface area contributed by atoms with Gasteiger partial charge in [0.25, 0.3) is 0 Å². The largest absolute Gasteiger partial charge is 0.357 e. The second-order valence-electron chi connectivity index (χ2n) is 5.88. The first-order chi connectivity index (χ1) is 12.1. The number of nitrogens with one attached hydrogen (secondary N) is 2. The summed E-state index contributed by atoms with van der Waals surface area (Å²) in [5.74, 6) is -0.0396. The molecule has 1 saturated heterocycles. The van der Waals surface area contributed by atoms with E-state index in [4.69, 9.17) is 0 Å². The van der Waals surface area contributed by atoms with Crippen LogP contribution in [0.15, 0.2) is 52.5 Å². The topological polar surface area (TPSA) is 78.1 Å². The molecule has 4 rings (SSSR count). The molecule has 0 spiro atoms. The van der Waals surface area contributed by atoms with Crippen LogP contribution in [0.3, 0.4) is 0 Å². The highest BCUT2D eigenvalue weighted by molar-refractivity contribution is 7.91. The number of benzene rings is 1. The molecule has 0 aliphatic carbocycles. The number of fused-ring (bicyclic) bond motifs is 1. The smallest absolute Gasteiger partial charge is 0.211 e. The van der Waals surface area contributed by atoms with Crippen molar-refractivity contribution in [3.8, 4) is 0 Å². The average Bonchev–Trinajstić information content (AvgIpc) is 3.07. The van der Waals surface area contributed by atoms with Crippen molar-refractivity contribution in [2.45, 2.75) is 9.79 Å². The van der Waals surface area contributed by atoms with E-state index in [0.717, 1.165) is 32.2 Å². The molecule has 0 amide bonds. The van der Waals surface area contributed by atoms with Gasteiger partial charge in [-0.25, -0.2) is 17.8 Å². The van der Waals surface area contributed by atoms with Crippen LogP contribution in [0.25, 0.3) is 10.9 Å². The molecule has 1 aliphatic heterocycles. The first kappa shape index (κ1) is 16.0. The molecule has 2 N–H and O–H groups in total. The normalized spacial score (nSPS) is 15.6. The van der Waals surface area contributed by atoms with Crippen molar-refractivity contribution in [2.75, 3.05) is 31.1 Å². The molecule has 0 unspecified atom stereocenters. The molecule has 8 heteroatoms. The highest BCUT2D eigenvalue weighted by Gasteiger charge is 2.26. The first-order valence-corrected chi connectivity index (χ1v) is 9.49. The Morgan fingerprint density at radius 1 is 1.08 bits per heavy atom. The molecule has 3 heterocycles. The standard InChI is InChI=1S/C17H17FN4O2S/c18-13-3-1-2-4-14(13)25(23,24)15-11-21-16-12(15)5-6-20-17(16)22-9-7-19-8-10-22/h1-6,11,19,21H,7-10H2. The number of nitrogens with zero attached hydrogens (tertiary/aromatic N) is 2. The second-order valence-corrected chi connectivity index (χ2v) is 7.77. The number of halogens is 1. The maximum Gasteiger partial charge on any atom is 0.211 e. The van der Waals surface area contributed by atoms with Gasteiger partial charge in [-0.3, -0.25) is 0 Å². The van der Waals surface area contributed by atoms with Gasteiger partial charge in [0, 0.05) is 44.0 Å². The Morgan fingerprint density at radius 2 is 1.84 bits per heavy atom. The number of aromatic amines is 1. The Bertz CT molecular complexity index is 1030. The molecule has 0 bridgehead atoms. The van der Waals surface area contributed by atoms with Gasteiger partial charge in [-0.15, -0.1) is 0 Å². The van der Waals surface area contributed by atoms with E-state index in [9.17, 15) is 12.8 Å². The minimum absolute atomic E-state index is 0.0615. The van der Waals surface area contributed by atoms with E-state index < -0.39 is 15.7 Å². The quantitative estimate of drug-likeness (QED) is 0.746. The lowest BCUT2D eigenvalue weighted by atomic mass is 10.2. The Kier molecular flexibility index (Phi) is 3.93. The minimum atomic E-state index is -3.97. The summed E-state index contributed by atoms with van der Waals surface area (Å²) >= 11 is 0.